The van der Waals surface area contributed by atoms with E-state index in [-0.39, 0.29) is 17.8 Å². The Balaban J connectivity index is 0.00000181. The summed E-state index contributed by atoms with van der Waals surface area (Å²) in [6.45, 7) is 6.24. The first kappa shape index (κ1) is 28.9. The van der Waals surface area contributed by atoms with E-state index in [1.807, 2.05) is 67.2 Å². The molecule has 210 valence electrons. The van der Waals surface area contributed by atoms with Crippen LogP contribution in [0.25, 0.3) is 11.3 Å². The summed E-state index contributed by atoms with van der Waals surface area (Å²) in [6, 6.07) is 7.58. The molecule has 3 aromatic rings. The van der Waals surface area contributed by atoms with Crippen molar-refractivity contribution in [2.75, 3.05) is 49.0 Å². The Kier molecular flexibility index (Phi) is 10.4. The van der Waals surface area contributed by atoms with Crippen LogP contribution in [-0.2, 0) is 4.74 Å². The maximum Gasteiger partial charge on any atom is 0.245 e. The Morgan fingerprint density at radius 1 is 1.18 bits per heavy atom. The molecule has 40 heavy (non-hydrogen) atoms. The first-order chi connectivity index (χ1) is 19.6. The second-order valence-corrected chi connectivity index (χ2v) is 9.13. The van der Waals surface area contributed by atoms with Gasteiger partial charge in [0, 0.05) is 44.3 Å². The summed E-state index contributed by atoms with van der Waals surface area (Å²) in [5.74, 6) is 0.0100. The number of morpholine rings is 1. The molecule has 1 atom stereocenters. The number of anilines is 3. The average molecular weight is 566 g/mol. The molecule has 0 amide bonds. The predicted molar refractivity (Wildman–Crippen MR) is 158 cm³/mol. The minimum atomic E-state index is -0.469. The lowest BCUT2D eigenvalue weighted by Gasteiger charge is -2.27. The van der Waals surface area contributed by atoms with Gasteiger partial charge in [-0.1, -0.05) is 37.6 Å². The lowest BCUT2D eigenvalue weighted by Crippen LogP contribution is -2.37. The minimum absolute atomic E-state index is 0.0205. The van der Waals surface area contributed by atoms with Crippen molar-refractivity contribution in [3.63, 3.8) is 0 Å². The van der Waals surface area contributed by atoms with Gasteiger partial charge in [0.25, 0.3) is 0 Å². The number of halogens is 2. The van der Waals surface area contributed by atoms with Crippen LogP contribution in [0.5, 0.6) is 0 Å². The lowest BCUT2D eigenvalue weighted by molar-refractivity contribution is 0.122. The van der Waals surface area contributed by atoms with Crippen LogP contribution in [0.15, 0.2) is 72.1 Å². The fourth-order valence-corrected chi connectivity index (χ4v) is 4.31. The first-order valence-electron chi connectivity index (χ1n) is 13.1. The Morgan fingerprint density at radius 2 is 2.00 bits per heavy atom. The summed E-state index contributed by atoms with van der Waals surface area (Å²) in [4.78, 5) is 20.4. The van der Waals surface area contributed by atoms with Crippen molar-refractivity contribution in [3.8, 4) is 11.3 Å². The lowest BCUT2D eigenvalue weighted by atomic mass is 10.1. The van der Waals surface area contributed by atoms with E-state index in [9.17, 15) is 4.39 Å². The van der Waals surface area contributed by atoms with E-state index in [0.29, 0.717) is 31.3 Å². The van der Waals surface area contributed by atoms with Crippen molar-refractivity contribution in [1.29, 1.82) is 0 Å². The number of allylic oxidation sites excluding steroid dienone is 1. The SMILES string of the molecule is CC.CN1C=C(Nc2ccc(-c3ccncn3)cc2Cl)C=CCC1/C=N/Nc1ncc(F)c(N2CCOCC2)n1. The van der Waals surface area contributed by atoms with E-state index in [0.717, 1.165) is 35.3 Å². The number of hydrazone groups is 1. The van der Waals surface area contributed by atoms with Gasteiger partial charge < -0.3 is 19.9 Å². The van der Waals surface area contributed by atoms with Gasteiger partial charge >= 0.3 is 0 Å². The van der Waals surface area contributed by atoms with Gasteiger partial charge in [-0.2, -0.15) is 10.1 Å². The maximum absolute atomic E-state index is 14.3. The third-order valence-corrected chi connectivity index (χ3v) is 6.43. The van der Waals surface area contributed by atoms with Gasteiger partial charge in [-0.3, -0.25) is 0 Å². The largest absolute Gasteiger partial charge is 0.378 e. The molecule has 2 aliphatic heterocycles. The molecule has 5 rings (SSSR count). The number of rotatable bonds is 7. The van der Waals surface area contributed by atoms with Crippen LogP contribution in [0.2, 0.25) is 5.02 Å². The number of ether oxygens (including phenoxy) is 1. The number of aromatic nitrogens is 4. The molecule has 0 bridgehead atoms. The summed E-state index contributed by atoms with van der Waals surface area (Å²) >= 11 is 6.56. The zero-order chi connectivity index (χ0) is 28.3. The predicted octanol–water partition coefficient (Wildman–Crippen LogP) is 5.20. The second-order valence-electron chi connectivity index (χ2n) is 8.72. The number of nitrogens with zero attached hydrogens (tertiary/aromatic N) is 7. The van der Waals surface area contributed by atoms with Gasteiger partial charge in [0.15, 0.2) is 11.6 Å². The molecule has 1 aromatic carbocycles. The number of hydrogen-bond donors (Lipinski definition) is 2. The normalized spacial score (nSPS) is 17.1. The van der Waals surface area contributed by atoms with Crippen LogP contribution in [0.4, 0.5) is 21.8 Å². The highest BCUT2D eigenvalue weighted by molar-refractivity contribution is 6.33. The molecule has 4 heterocycles. The van der Waals surface area contributed by atoms with E-state index in [2.05, 4.69) is 41.9 Å². The van der Waals surface area contributed by atoms with Gasteiger partial charge in [-0.05, 0) is 30.7 Å². The Labute approximate surface area is 238 Å². The third kappa shape index (κ3) is 7.51. The molecule has 2 N–H and O–H groups in total. The number of hydrogen-bond acceptors (Lipinski definition) is 10. The summed E-state index contributed by atoms with van der Waals surface area (Å²) in [5.41, 5.74) is 6.21. The molecule has 2 aromatic heterocycles. The van der Waals surface area contributed by atoms with Crippen molar-refractivity contribution < 1.29 is 9.13 Å². The monoisotopic (exact) mass is 565 g/mol. The van der Waals surface area contributed by atoms with Crippen LogP contribution >= 0.6 is 11.6 Å². The average Bonchev–Trinajstić information content (AvgIpc) is 3.17. The van der Waals surface area contributed by atoms with Gasteiger partial charge in [-0.25, -0.2) is 24.8 Å². The fourth-order valence-electron chi connectivity index (χ4n) is 4.08. The summed E-state index contributed by atoms with van der Waals surface area (Å²) in [6.07, 6.45) is 12.9. The number of benzene rings is 1. The van der Waals surface area contributed by atoms with Crippen LogP contribution < -0.4 is 15.6 Å². The van der Waals surface area contributed by atoms with E-state index in [1.54, 1.807) is 12.4 Å². The summed E-state index contributed by atoms with van der Waals surface area (Å²) < 4.78 is 19.6. The number of nitrogens with one attached hydrogen (secondary N) is 2. The van der Waals surface area contributed by atoms with Gasteiger partial charge in [-0.15, -0.1) is 0 Å². The van der Waals surface area contributed by atoms with Crippen LogP contribution in [-0.4, -0.2) is 70.4 Å². The topological polar surface area (TPSA) is 104 Å². The van der Waals surface area contributed by atoms with Crippen molar-refractivity contribution >= 4 is 35.3 Å². The standard InChI is InChI=1S/C26H27ClFN9O.C2H6/c1-36-16-19(33-24-6-5-18(13-21(24)27)23-7-8-29-17-31-23)3-2-4-20(36)14-32-35-26-30-15-22(28)25(34-26)37-9-11-38-12-10-37;1-2/h2-3,5-8,13-17,20,33H,4,9-12H2,1H3,(H,30,34,35);1-2H3/b32-14+;. The van der Waals surface area contributed by atoms with Crippen molar-refractivity contribution in [2.24, 2.45) is 5.10 Å². The fraction of sp³-hybridized carbons (Fsp3) is 0.321. The molecule has 0 aliphatic carbocycles. The highest BCUT2D eigenvalue weighted by Crippen LogP contribution is 2.29. The van der Waals surface area contributed by atoms with Crippen molar-refractivity contribution in [3.05, 3.63) is 77.9 Å². The van der Waals surface area contributed by atoms with Gasteiger partial charge in [0.2, 0.25) is 5.95 Å². The molecule has 0 spiro atoms. The Hall–Kier alpha value is -4.09. The quantitative estimate of drug-likeness (QED) is 0.295. The van der Waals surface area contributed by atoms with E-state index >= 15 is 0 Å². The third-order valence-electron chi connectivity index (χ3n) is 6.11. The minimum Gasteiger partial charge on any atom is -0.378 e. The van der Waals surface area contributed by atoms with Crippen molar-refractivity contribution in [1.82, 2.24) is 24.8 Å². The summed E-state index contributed by atoms with van der Waals surface area (Å²) in [7, 11) is 1.97. The molecule has 1 saturated heterocycles. The smallest absolute Gasteiger partial charge is 0.245 e. The molecule has 0 saturated carbocycles. The molecule has 2 aliphatic rings. The highest BCUT2D eigenvalue weighted by atomic mass is 35.5. The molecular formula is C28H33ClFN9O. The van der Waals surface area contributed by atoms with Gasteiger partial charge in [0.1, 0.15) is 6.33 Å². The molecule has 1 unspecified atom stereocenters. The zero-order valence-corrected chi connectivity index (χ0v) is 23.5. The molecule has 10 nitrogen and oxygen atoms in total. The van der Waals surface area contributed by atoms with Crippen LogP contribution in [0, 0.1) is 5.82 Å². The highest BCUT2D eigenvalue weighted by Gasteiger charge is 2.18. The Morgan fingerprint density at radius 3 is 2.75 bits per heavy atom. The Bertz CT molecular complexity index is 1350. The molecular weight excluding hydrogens is 533 g/mol. The second kappa shape index (κ2) is 14.3. The molecule has 12 heteroatoms. The van der Waals surface area contributed by atoms with Crippen molar-refractivity contribution in [2.45, 2.75) is 26.3 Å². The maximum atomic E-state index is 14.3. The molecule has 0 radical (unpaired) electrons. The van der Waals surface area contributed by atoms with Crippen LogP contribution in [0.1, 0.15) is 20.3 Å². The summed E-state index contributed by atoms with van der Waals surface area (Å²) in [5, 5.41) is 8.28. The van der Waals surface area contributed by atoms with Gasteiger partial charge in [0.05, 0.1) is 47.6 Å². The molecule has 1 fully saturated rings. The zero-order valence-electron chi connectivity index (χ0n) is 22.8. The van der Waals surface area contributed by atoms with E-state index in [4.69, 9.17) is 16.3 Å². The van der Waals surface area contributed by atoms with E-state index in [1.165, 1.54) is 6.33 Å². The first-order valence-corrected chi connectivity index (χ1v) is 13.5. The van der Waals surface area contributed by atoms with Crippen LogP contribution in [0.3, 0.4) is 0 Å². The van der Waals surface area contributed by atoms with E-state index < -0.39 is 5.82 Å².